The molecule has 0 spiro atoms. The first-order valence-corrected chi connectivity index (χ1v) is 6.86. The van der Waals surface area contributed by atoms with Crippen molar-refractivity contribution in [3.05, 3.63) is 42.6 Å². The van der Waals surface area contributed by atoms with Crippen molar-refractivity contribution in [2.45, 2.75) is 24.9 Å². The normalized spacial score (nSPS) is 18.3. The fourth-order valence-electron chi connectivity index (χ4n) is 2.32. The van der Waals surface area contributed by atoms with Crippen LogP contribution in [0.4, 0.5) is 8.78 Å². The van der Waals surface area contributed by atoms with E-state index in [0.29, 0.717) is 5.82 Å². The molecule has 1 atom stereocenters. The number of aromatic nitrogens is 3. The van der Waals surface area contributed by atoms with Crippen molar-refractivity contribution in [2.75, 3.05) is 6.54 Å². The Morgan fingerprint density at radius 3 is 2.83 bits per heavy atom. The number of hydrogen-bond donors (Lipinski definition) is 2. The summed E-state index contributed by atoms with van der Waals surface area (Å²) in [5.74, 6) is -2.55. The van der Waals surface area contributed by atoms with Crippen molar-refractivity contribution in [1.29, 1.82) is 0 Å². The van der Waals surface area contributed by atoms with Gasteiger partial charge in [-0.05, 0) is 17.7 Å². The Balaban J connectivity index is 0.00000144. The van der Waals surface area contributed by atoms with Crippen molar-refractivity contribution >= 4 is 30.7 Å². The molecule has 0 aliphatic carbocycles. The number of carbonyl (C=O) groups excluding carboxylic acids is 1. The predicted octanol–water partition coefficient (Wildman–Crippen LogP) is 1.72. The Morgan fingerprint density at radius 2 is 2.21 bits per heavy atom. The maximum atomic E-state index is 13.1. The molecule has 132 valence electrons. The van der Waals surface area contributed by atoms with Crippen molar-refractivity contribution in [1.82, 2.24) is 25.2 Å². The van der Waals surface area contributed by atoms with Crippen LogP contribution in [0.1, 0.15) is 12.0 Å². The van der Waals surface area contributed by atoms with Crippen molar-refractivity contribution in [3.8, 4) is 5.82 Å². The van der Waals surface area contributed by atoms with Gasteiger partial charge in [0.2, 0.25) is 5.91 Å². The second-order valence-corrected chi connectivity index (χ2v) is 5.20. The van der Waals surface area contributed by atoms with Gasteiger partial charge in [-0.1, -0.05) is 0 Å². The smallest absolute Gasteiger partial charge is 0.262 e. The van der Waals surface area contributed by atoms with E-state index in [2.05, 4.69) is 20.6 Å². The molecule has 10 heteroatoms. The number of rotatable bonds is 4. The van der Waals surface area contributed by atoms with E-state index in [9.17, 15) is 13.6 Å². The lowest BCUT2D eigenvalue weighted by atomic mass is 10.1. The third kappa shape index (κ3) is 4.86. The maximum absolute atomic E-state index is 13.1. The number of nitrogens with zero attached hydrogens (tertiary/aromatic N) is 3. The van der Waals surface area contributed by atoms with Crippen molar-refractivity contribution in [3.63, 3.8) is 0 Å². The van der Waals surface area contributed by atoms with E-state index in [1.807, 2.05) is 0 Å². The molecule has 2 aromatic heterocycles. The van der Waals surface area contributed by atoms with Gasteiger partial charge in [0, 0.05) is 31.6 Å². The van der Waals surface area contributed by atoms with E-state index < -0.39 is 30.8 Å². The van der Waals surface area contributed by atoms with Gasteiger partial charge >= 0.3 is 0 Å². The highest BCUT2D eigenvalue weighted by atomic mass is 35.5. The molecule has 6 nitrogen and oxygen atoms in total. The van der Waals surface area contributed by atoms with E-state index in [-0.39, 0.29) is 31.4 Å². The number of pyridine rings is 1. The summed E-state index contributed by atoms with van der Waals surface area (Å²) < 4.78 is 27.9. The van der Waals surface area contributed by atoms with Crippen LogP contribution in [0.3, 0.4) is 0 Å². The van der Waals surface area contributed by atoms with Gasteiger partial charge in [-0.15, -0.1) is 24.8 Å². The van der Waals surface area contributed by atoms with Crippen LogP contribution in [0, 0.1) is 0 Å². The van der Waals surface area contributed by atoms with Crippen LogP contribution < -0.4 is 10.6 Å². The van der Waals surface area contributed by atoms with Crippen LogP contribution in [0.15, 0.2) is 37.1 Å². The summed E-state index contributed by atoms with van der Waals surface area (Å²) >= 11 is 0. The monoisotopic (exact) mass is 379 g/mol. The van der Waals surface area contributed by atoms with Gasteiger partial charge in [0.25, 0.3) is 5.92 Å². The molecule has 2 N–H and O–H groups in total. The van der Waals surface area contributed by atoms with E-state index in [1.165, 1.54) is 0 Å². The highest BCUT2D eigenvalue weighted by Gasteiger charge is 2.42. The molecule has 0 bridgehead atoms. The van der Waals surface area contributed by atoms with Gasteiger partial charge in [0.15, 0.2) is 0 Å². The van der Waals surface area contributed by atoms with E-state index in [1.54, 1.807) is 41.6 Å². The van der Waals surface area contributed by atoms with Crippen molar-refractivity contribution < 1.29 is 13.6 Å². The van der Waals surface area contributed by atoms with Crippen LogP contribution in [-0.4, -0.2) is 39.0 Å². The average Bonchev–Trinajstić information content (AvgIpc) is 3.14. The first-order chi connectivity index (χ1) is 10.5. The Morgan fingerprint density at radius 1 is 1.42 bits per heavy atom. The number of hydrogen-bond acceptors (Lipinski definition) is 4. The number of carbonyl (C=O) groups is 1. The van der Waals surface area contributed by atoms with Crippen LogP contribution in [-0.2, 0) is 11.3 Å². The highest BCUT2D eigenvalue weighted by Crippen LogP contribution is 2.25. The molecular weight excluding hydrogens is 363 g/mol. The molecule has 0 aromatic carbocycles. The number of alkyl halides is 2. The predicted molar refractivity (Wildman–Crippen MR) is 89.1 cm³/mol. The lowest BCUT2D eigenvalue weighted by molar-refractivity contribution is -0.123. The summed E-state index contributed by atoms with van der Waals surface area (Å²) in [6.07, 6.45) is 6.18. The summed E-state index contributed by atoms with van der Waals surface area (Å²) in [5.41, 5.74) is 0.830. The summed E-state index contributed by atoms with van der Waals surface area (Å²) in [7, 11) is 0. The molecule has 0 saturated carbocycles. The lowest BCUT2D eigenvalue weighted by Gasteiger charge is -2.11. The average molecular weight is 380 g/mol. The molecule has 3 rings (SSSR count). The fraction of sp³-hybridized carbons (Fsp3) is 0.357. The largest absolute Gasteiger partial charge is 0.351 e. The maximum Gasteiger partial charge on any atom is 0.262 e. The van der Waals surface area contributed by atoms with Crippen LogP contribution in [0.2, 0.25) is 0 Å². The standard InChI is InChI=1S/C14H15F2N5O.2ClH/c15-14(16)6-11(20-8-14)13(22)19-7-10-1-2-18-12(5-10)21-4-3-17-9-21;;/h1-5,9,11,20H,6-8H2,(H,19,22);2*1H. The molecule has 1 saturated heterocycles. The van der Waals surface area contributed by atoms with E-state index >= 15 is 0 Å². The number of halogens is 4. The quantitative estimate of drug-likeness (QED) is 0.848. The minimum Gasteiger partial charge on any atom is -0.351 e. The van der Waals surface area contributed by atoms with Gasteiger partial charge in [0.05, 0.1) is 12.6 Å². The van der Waals surface area contributed by atoms with Gasteiger partial charge in [-0.3, -0.25) is 14.7 Å². The Bertz CT molecular complexity index is 669. The van der Waals surface area contributed by atoms with E-state index in [0.717, 1.165) is 5.56 Å². The van der Waals surface area contributed by atoms with E-state index in [4.69, 9.17) is 0 Å². The molecule has 1 aliphatic heterocycles. The second-order valence-electron chi connectivity index (χ2n) is 5.20. The Kier molecular flexibility index (Phi) is 7.07. The molecule has 3 heterocycles. The Hall–Kier alpha value is -1.77. The minimum absolute atomic E-state index is 0. The molecule has 1 amide bonds. The highest BCUT2D eigenvalue weighted by molar-refractivity contribution is 5.85. The number of amides is 1. The van der Waals surface area contributed by atoms with Gasteiger partial charge in [-0.25, -0.2) is 18.7 Å². The number of nitrogens with one attached hydrogen (secondary N) is 2. The summed E-state index contributed by atoms with van der Waals surface area (Å²) in [4.78, 5) is 20.0. The molecule has 24 heavy (non-hydrogen) atoms. The summed E-state index contributed by atoms with van der Waals surface area (Å²) in [5, 5.41) is 5.19. The minimum atomic E-state index is -2.81. The lowest BCUT2D eigenvalue weighted by Crippen LogP contribution is -2.40. The molecule has 1 aliphatic rings. The molecule has 0 radical (unpaired) electrons. The molecule has 1 unspecified atom stereocenters. The van der Waals surface area contributed by atoms with Gasteiger partial charge in [0.1, 0.15) is 12.1 Å². The topological polar surface area (TPSA) is 71.8 Å². The second kappa shape index (κ2) is 8.36. The Labute approximate surface area is 149 Å². The fourth-order valence-corrected chi connectivity index (χ4v) is 2.32. The summed E-state index contributed by atoms with van der Waals surface area (Å²) in [6, 6.07) is 2.72. The molecule has 2 aromatic rings. The zero-order valence-electron chi connectivity index (χ0n) is 12.5. The summed E-state index contributed by atoms with van der Waals surface area (Å²) in [6.45, 7) is -0.197. The molecular formula is C14H17Cl2F2N5O. The van der Waals surface area contributed by atoms with Crippen molar-refractivity contribution in [2.24, 2.45) is 0 Å². The van der Waals surface area contributed by atoms with Crippen LogP contribution in [0.25, 0.3) is 5.82 Å². The van der Waals surface area contributed by atoms with Gasteiger partial charge < -0.3 is 5.32 Å². The van der Waals surface area contributed by atoms with Gasteiger partial charge in [-0.2, -0.15) is 0 Å². The third-order valence-electron chi connectivity index (χ3n) is 3.47. The van der Waals surface area contributed by atoms with Crippen LogP contribution in [0.5, 0.6) is 0 Å². The zero-order chi connectivity index (χ0) is 15.6. The zero-order valence-corrected chi connectivity index (χ0v) is 14.1. The first-order valence-electron chi connectivity index (χ1n) is 6.86. The van der Waals surface area contributed by atoms with Crippen LogP contribution >= 0.6 is 24.8 Å². The third-order valence-corrected chi connectivity index (χ3v) is 3.47. The molecule has 1 fully saturated rings. The first kappa shape index (κ1) is 20.3. The number of imidazole rings is 1. The SMILES string of the molecule is Cl.Cl.O=C(NCc1ccnc(-n2ccnc2)c1)C1CC(F)(F)CN1.